The minimum Gasteiger partial charge on any atom is -0.497 e. The number of methoxy groups -OCH3 is 1. The van der Waals surface area contributed by atoms with E-state index in [1.54, 1.807) is 7.11 Å². The maximum atomic E-state index is 5.65. The summed E-state index contributed by atoms with van der Waals surface area (Å²) in [7, 11) is 1.69. The number of nitrogens with one attached hydrogen (secondary N) is 2. The molecule has 0 aromatic heterocycles. The number of hydrogen-bond donors (Lipinski definition) is 2. The molecule has 2 aromatic rings. The van der Waals surface area contributed by atoms with Gasteiger partial charge in [0.2, 0.25) is 0 Å². The van der Waals surface area contributed by atoms with Gasteiger partial charge in [0, 0.05) is 32.7 Å². The molecular weight excluding hydrogens is 388 g/mol. The SMILES string of the molecule is CCNC(=NCc1cccc(CN2CCOC(C)C2)c1)NCCc1ccc(OC)cc1. The Morgan fingerprint density at radius 1 is 1.13 bits per heavy atom. The first-order chi connectivity index (χ1) is 15.2. The second-order valence-corrected chi connectivity index (χ2v) is 7.96. The summed E-state index contributed by atoms with van der Waals surface area (Å²) in [6.45, 7) is 10.3. The molecule has 2 aromatic carbocycles. The van der Waals surface area contributed by atoms with Crippen LogP contribution >= 0.6 is 0 Å². The number of aliphatic imine (C=N–C) groups is 1. The molecule has 0 amide bonds. The normalized spacial score (nSPS) is 17.4. The van der Waals surface area contributed by atoms with E-state index in [0.29, 0.717) is 12.6 Å². The molecule has 168 valence electrons. The molecule has 31 heavy (non-hydrogen) atoms. The summed E-state index contributed by atoms with van der Waals surface area (Å²) in [5.41, 5.74) is 3.83. The van der Waals surface area contributed by atoms with Crippen LogP contribution in [0.2, 0.25) is 0 Å². The Labute approximate surface area is 186 Å². The number of morpholine rings is 1. The molecule has 6 heteroatoms. The van der Waals surface area contributed by atoms with Gasteiger partial charge >= 0.3 is 0 Å². The summed E-state index contributed by atoms with van der Waals surface area (Å²) in [5, 5.41) is 6.78. The van der Waals surface area contributed by atoms with Crippen molar-refractivity contribution in [2.45, 2.75) is 39.5 Å². The third kappa shape index (κ3) is 7.89. The van der Waals surface area contributed by atoms with E-state index in [9.17, 15) is 0 Å². The van der Waals surface area contributed by atoms with Crippen LogP contribution in [0.5, 0.6) is 5.75 Å². The Hall–Kier alpha value is -2.57. The van der Waals surface area contributed by atoms with E-state index in [0.717, 1.165) is 57.5 Å². The summed E-state index contributed by atoms with van der Waals surface area (Å²) in [4.78, 5) is 7.24. The largest absolute Gasteiger partial charge is 0.497 e. The lowest BCUT2D eigenvalue weighted by Crippen LogP contribution is -2.40. The number of ether oxygens (including phenoxy) is 2. The highest BCUT2D eigenvalue weighted by atomic mass is 16.5. The zero-order valence-corrected chi connectivity index (χ0v) is 19.1. The van der Waals surface area contributed by atoms with Gasteiger partial charge in [-0.15, -0.1) is 0 Å². The molecule has 1 aliphatic heterocycles. The van der Waals surface area contributed by atoms with E-state index in [4.69, 9.17) is 14.5 Å². The molecule has 0 aliphatic carbocycles. The molecule has 1 heterocycles. The first-order valence-corrected chi connectivity index (χ1v) is 11.2. The molecule has 1 aliphatic rings. The minimum absolute atomic E-state index is 0.313. The smallest absolute Gasteiger partial charge is 0.191 e. The van der Waals surface area contributed by atoms with Crippen molar-refractivity contribution in [3.8, 4) is 5.75 Å². The number of guanidine groups is 1. The summed E-state index contributed by atoms with van der Waals surface area (Å²) >= 11 is 0. The molecule has 0 radical (unpaired) electrons. The summed E-state index contributed by atoms with van der Waals surface area (Å²) in [5.74, 6) is 1.74. The second-order valence-electron chi connectivity index (χ2n) is 7.96. The fourth-order valence-corrected chi connectivity index (χ4v) is 3.75. The van der Waals surface area contributed by atoms with Crippen LogP contribution in [0.15, 0.2) is 53.5 Å². The minimum atomic E-state index is 0.313. The predicted octanol–water partition coefficient (Wildman–Crippen LogP) is 3.21. The lowest BCUT2D eigenvalue weighted by Gasteiger charge is -2.31. The molecule has 0 spiro atoms. The van der Waals surface area contributed by atoms with Gasteiger partial charge in [-0.2, -0.15) is 0 Å². The maximum Gasteiger partial charge on any atom is 0.191 e. The van der Waals surface area contributed by atoms with Crippen LogP contribution < -0.4 is 15.4 Å². The Bertz CT molecular complexity index is 823. The maximum absolute atomic E-state index is 5.65. The van der Waals surface area contributed by atoms with Crippen molar-refractivity contribution in [1.82, 2.24) is 15.5 Å². The van der Waals surface area contributed by atoms with Gasteiger partial charge in [0.25, 0.3) is 0 Å². The Morgan fingerprint density at radius 2 is 1.94 bits per heavy atom. The average Bonchev–Trinajstić information content (AvgIpc) is 2.78. The molecule has 1 saturated heterocycles. The first kappa shape index (κ1) is 23.1. The van der Waals surface area contributed by atoms with Crippen molar-refractivity contribution in [2.24, 2.45) is 4.99 Å². The summed E-state index contributed by atoms with van der Waals surface area (Å²) < 4.78 is 10.9. The Balaban J connectivity index is 1.51. The number of nitrogens with zero attached hydrogens (tertiary/aromatic N) is 2. The number of hydrogen-bond acceptors (Lipinski definition) is 4. The van der Waals surface area contributed by atoms with Crippen LogP contribution in [0, 0.1) is 0 Å². The van der Waals surface area contributed by atoms with E-state index < -0.39 is 0 Å². The van der Waals surface area contributed by atoms with Crippen molar-refractivity contribution >= 4 is 5.96 Å². The second kappa shape index (κ2) is 12.3. The lowest BCUT2D eigenvalue weighted by molar-refractivity contribution is -0.0212. The predicted molar refractivity (Wildman–Crippen MR) is 127 cm³/mol. The third-order valence-electron chi connectivity index (χ3n) is 5.35. The third-order valence-corrected chi connectivity index (χ3v) is 5.35. The van der Waals surface area contributed by atoms with Gasteiger partial charge in [-0.3, -0.25) is 4.90 Å². The van der Waals surface area contributed by atoms with Crippen molar-refractivity contribution < 1.29 is 9.47 Å². The molecule has 3 rings (SSSR count). The van der Waals surface area contributed by atoms with Crippen molar-refractivity contribution in [1.29, 1.82) is 0 Å². The molecular formula is C25H36N4O2. The highest BCUT2D eigenvalue weighted by molar-refractivity contribution is 5.79. The zero-order valence-electron chi connectivity index (χ0n) is 19.1. The van der Waals surface area contributed by atoms with Crippen LogP contribution in [-0.2, 0) is 24.2 Å². The van der Waals surface area contributed by atoms with E-state index in [1.165, 1.54) is 16.7 Å². The molecule has 1 unspecified atom stereocenters. The van der Waals surface area contributed by atoms with Crippen LogP contribution in [0.3, 0.4) is 0 Å². The molecule has 0 saturated carbocycles. The van der Waals surface area contributed by atoms with Gasteiger partial charge in [0.05, 0.1) is 26.4 Å². The van der Waals surface area contributed by atoms with Crippen LogP contribution in [0.25, 0.3) is 0 Å². The monoisotopic (exact) mass is 424 g/mol. The Kier molecular flexibility index (Phi) is 9.18. The summed E-state index contributed by atoms with van der Waals surface area (Å²) in [6.07, 6.45) is 1.25. The molecule has 1 atom stereocenters. The fourth-order valence-electron chi connectivity index (χ4n) is 3.75. The van der Waals surface area contributed by atoms with Gasteiger partial charge in [-0.05, 0) is 49.1 Å². The van der Waals surface area contributed by atoms with E-state index in [1.807, 2.05) is 12.1 Å². The fraction of sp³-hybridized carbons (Fsp3) is 0.480. The quantitative estimate of drug-likeness (QED) is 0.478. The summed E-state index contributed by atoms with van der Waals surface area (Å²) in [6, 6.07) is 17.0. The molecule has 2 N–H and O–H groups in total. The van der Waals surface area contributed by atoms with Gasteiger partial charge in [0.1, 0.15) is 5.75 Å². The topological polar surface area (TPSA) is 58.1 Å². The van der Waals surface area contributed by atoms with Crippen LogP contribution in [0.1, 0.15) is 30.5 Å². The number of benzene rings is 2. The van der Waals surface area contributed by atoms with Crippen LogP contribution in [-0.4, -0.2) is 56.9 Å². The Morgan fingerprint density at radius 3 is 2.68 bits per heavy atom. The van der Waals surface area contributed by atoms with Gasteiger partial charge in [-0.1, -0.05) is 36.4 Å². The molecule has 0 bridgehead atoms. The highest BCUT2D eigenvalue weighted by Gasteiger charge is 2.16. The van der Waals surface area contributed by atoms with Crippen molar-refractivity contribution in [2.75, 3.05) is 39.9 Å². The van der Waals surface area contributed by atoms with Crippen molar-refractivity contribution in [3.63, 3.8) is 0 Å². The first-order valence-electron chi connectivity index (χ1n) is 11.2. The number of rotatable bonds is 9. The molecule has 6 nitrogen and oxygen atoms in total. The average molecular weight is 425 g/mol. The van der Waals surface area contributed by atoms with Gasteiger partial charge < -0.3 is 20.1 Å². The van der Waals surface area contributed by atoms with Gasteiger partial charge in [-0.25, -0.2) is 4.99 Å². The van der Waals surface area contributed by atoms with E-state index in [2.05, 4.69) is 65.8 Å². The van der Waals surface area contributed by atoms with E-state index >= 15 is 0 Å². The molecule has 1 fully saturated rings. The van der Waals surface area contributed by atoms with Gasteiger partial charge in [0.15, 0.2) is 5.96 Å². The standard InChI is InChI=1S/C25H36N4O2/c1-4-26-25(27-13-12-21-8-10-24(30-3)11-9-21)28-17-22-6-5-7-23(16-22)19-29-14-15-31-20(2)18-29/h5-11,16,20H,4,12-15,17-19H2,1-3H3,(H2,26,27,28). The lowest BCUT2D eigenvalue weighted by atomic mass is 10.1. The highest BCUT2D eigenvalue weighted by Crippen LogP contribution is 2.13. The van der Waals surface area contributed by atoms with Crippen LogP contribution in [0.4, 0.5) is 0 Å². The van der Waals surface area contributed by atoms with E-state index in [-0.39, 0.29) is 0 Å². The van der Waals surface area contributed by atoms with Crippen molar-refractivity contribution in [3.05, 3.63) is 65.2 Å². The zero-order chi connectivity index (χ0) is 21.9.